The second kappa shape index (κ2) is 8.63. The number of unbranched alkanes of at least 4 members (excludes halogenated alkanes) is 2. The standard InChI is InChI=1S/C22H25NO2/c1-2-3-4-13-20(24)19-12-6-5-9-18(19)16-25-21-14-7-10-17-11-8-15-23-22(17)21/h5-12,14-15,20,24H,2-4,13,16H2,1H3. The maximum atomic E-state index is 10.5. The van der Waals surface area contributed by atoms with Crippen LogP contribution in [0.25, 0.3) is 10.9 Å². The number of benzene rings is 2. The topological polar surface area (TPSA) is 42.4 Å². The molecule has 1 N–H and O–H groups in total. The highest BCUT2D eigenvalue weighted by molar-refractivity contribution is 5.84. The van der Waals surface area contributed by atoms with Crippen molar-refractivity contribution in [2.45, 2.75) is 45.3 Å². The normalized spacial score (nSPS) is 12.2. The Morgan fingerprint density at radius 2 is 1.84 bits per heavy atom. The van der Waals surface area contributed by atoms with Crippen LogP contribution in [0.1, 0.15) is 49.8 Å². The van der Waals surface area contributed by atoms with Gasteiger partial charge in [-0.05, 0) is 29.7 Å². The Morgan fingerprint density at radius 1 is 1.00 bits per heavy atom. The molecule has 3 heteroatoms. The van der Waals surface area contributed by atoms with Crippen molar-refractivity contribution in [2.24, 2.45) is 0 Å². The summed E-state index contributed by atoms with van der Waals surface area (Å²) in [6.45, 7) is 2.60. The summed E-state index contributed by atoms with van der Waals surface area (Å²) in [5, 5.41) is 11.6. The molecule has 0 bridgehead atoms. The van der Waals surface area contributed by atoms with Crippen LogP contribution in [0.2, 0.25) is 0 Å². The number of fused-ring (bicyclic) bond motifs is 1. The first-order valence-corrected chi connectivity index (χ1v) is 9.02. The number of hydrogen-bond acceptors (Lipinski definition) is 3. The lowest BCUT2D eigenvalue weighted by molar-refractivity contribution is 0.160. The fraction of sp³-hybridized carbons (Fsp3) is 0.318. The second-order valence-electron chi connectivity index (χ2n) is 6.33. The molecule has 0 aliphatic carbocycles. The molecule has 3 rings (SSSR count). The number of hydrogen-bond donors (Lipinski definition) is 1. The van der Waals surface area contributed by atoms with Gasteiger partial charge in [-0.3, -0.25) is 4.98 Å². The molecule has 3 nitrogen and oxygen atoms in total. The van der Waals surface area contributed by atoms with Gasteiger partial charge in [0.05, 0.1) is 6.10 Å². The maximum absolute atomic E-state index is 10.5. The quantitative estimate of drug-likeness (QED) is 0.558. The molecule has 3 aromatic rings. The molecule has 0 fully saturated rings. The maximum Gasteiger partial charge on any atom is 0.146 e. The van der Waals surface area contributed by atoms with E-state index in [1.165, 1.54) is 0 Å². The van der Waals surface area contributed by atoms with Gasteiger partial charge in [-0.1, -0.05) is 68.7 Å². The summed E-state index contributed by atoms with van der Waals surface area (Å²) in [5.41, 5.74) is 2.86. The number of nitrogens with zero attached hydrogens (tertiary/aromatic N) is 1. The van der Waals surface area contributed by atoms with Gasteiger partial charge in [0, 0.05) is 11.6 Å². The van der Waals surface area contributed by atoms with Gasteiger partial charge in [-0.2, -0.15) is 0 Å². The predicted octanol–water partition coefficient (Wildman–Crippen LogP) is 5.43. The van der Waals surface area contributed by atoms with Crippen LogP contribution in [-0.2, 0) is 6.61 Å². The number of para-hydroxylation sites is 1. The van der Waals surface area contributed by atoms with E-state index in [1.54, 1.807) is 6.20 Å². The average molecular weight is 335 g/mol. The highest BCUT2D eigenvalue weighted by Gasteiger charge is 2.12. The van der Waals surface area contributed by atoms with Gasteiger partial charge in [0.1, 0.15) is 17.9 Å². The lowest BCUT2D eigenvalue weighted by atomic mass is 9.98. The van der Waals surface area contributed by atoms with Crippen LogP contribution in [0, 0.1) is 0 Å². The molecule has 130 valence electrons. The fourth-order valence-electron chi connectivity index (χ4n) is 3.08. The van der Waals surface area contributed by atoms with E-state index in [4.69, 9.17) is 4.74 Å². The molecule has 0 aliphatic heterocycles. The molecular formula is C22H25NO2. The molecule has 1 unspecified atom stereocenters. The fourth-order valence-corrected chi connectivity index (χ4v) is 3.08. The number of aliphatic hydroxyl groups is 1. The summed E-state index contributed by atoms with van der Waals surface area (Å²) in [5.74, 6) is 0.772. The van der Waals surface area contributed by atoms with Crippen molar-refractivity contribution >= 4 is 10.9 Å². The van der Waals surface area contributed by atoms with Gasteiger partial charge in [0.2, 0.25) is 0 Å². The molecule has 1 aromatic heterocycles. The van der Waals surface area contributed by atoms with Gasteiger partial charge >= 0.3 is 0 Å². The summed E-state index contributed by atoms with van der Waals surface area (Å²) in [6.07, 6.45) is 5.49. The number of ether oxygens (including phenoxy) is 1. The molecule has 0 saturated carbocycles. The van der Waals surface area contributed by atoms with Crippen LogP contribution in [0.5, 0.6) is 5.75 Å². The smallest absolute Gasteiger partial charge is 0.146 e. The molecule has 0 spiro atoms. The Kier molecular flexibility index (Phi) is 6.02. The highest BCUT2D eigenvalue weighted by atomic mass is 16.5. The largest absolute Gasteiger partial charge is 0.487 e. The summed E-state index contributed by atoms with van der Waals surface area (Å²) < 4.78 is 6.05. The Bertz CT molecular complexity index is 810. The molecular weight excluding hydrogens is 310 g/mol. The molecule has 2 aromatic carbocycles. The molecule has 0 amide bonds. The monoisotopic (exact) mass is 335 g/mol. The van der Waals surface area contributed by atoms with E-state index in [-0.39, 0.29) is 0 Å². The molecule has 1 atom stereocenters. The van der Waals surface area contributed by atoms with Crippen molar-refractivity contribution in [3.63, 3.8) is 0 Å². The van der Waals surface area contributed by atoms with Gasteiger partial charge in [0.15, 0.2) is 0 Å². The minimum absolute atomic E-state index is 0.427. The van der Waals surface area contributed by atoms with E-state index in [1.807, 2.05) is 54.6 Å². The van der Waals surface area contributed by atoms with Crippen molar-refractivity contribution in [3.05, 3.63) is 71.9 Å². The van der Waals surface area contributed by atoms with Crippen LogP contribution in [0.15, 0.2) is 60.8 Å². The van der Waals surface area contributed by atoms with E-state index in [0.717, 1.165) is 53.5 Å². The molecule has 25 heavy (non-hydrogen) atoms. The van der Waals surface area contributed by atoms with Crippen LogP contribution in [0.4, 0.5) is 0 Å². The minimum atomic E-state index is -0.433. The molecule has 0 aliphatic rings. The zero-order valence-electron chi connectivity index (χ0n) is 14.7. The summed E-state index contributed by atoms with van der Waals surface area (Å²) in [7, 11) is 0. The van der Waals surface area contributed by atoms with Crippen molar-refractivity contribution in [3.8, 4) is 5.75 Å². The third-order valence-electron chi connectivity index (χ3n) is 4.47. The number of aromatic nitrogens is 1. The van der Waals surface area contributed by atoms with Crippen LogP contribution >= 0.6 is 0 Å². The first-order valence-electron chi connectivity index (χ1n) is 9.02. The van der Waals surface area contributed by atoms with Crippen LogP contribution in [0.3, 0.4) is 0 Å². The van der Waals surface area contributed by atoms with Gasteiger partial charge in [-0.15, -0.1) is 0 Å². The Labute approximate surface area is 149 Å². The third kappa shape index (κ3) is 4.37. The Hall–Kier alpha value is -2.39. The van der Waals surface area contributed by atoms with Crippen LogP contribution < -0.4 is 4.74 Å². The third-order valence-corrected chi connectivity index (χ3v) is 4.47. The zero-order chi connectivity index (χ0) is 17.5. The van der Waals surface area contributed by atoms with Gasteiger partial charge in [-0.25, -0.2) is 0 Å². The SMILES string of the molecule is CCCCCC(O)c1ccccc1COc1cccc2cccnc12. The number of aliphatic hydroxyl groups excluding tert-OH is 1. The zero-order valence-corrected chi connectivity index (χ0v) is 14.7. The lowest BCUT2D eigenvalue weighted by Crippen LogP contribution is -2.05. The summed E-state index contributed by atoms with van der Waals surface area (Å²) in [6, 6.07) is 17.9. The number of rotatable bonds is 8. The number of pyridine rings is 1. The average Bonchev–Trinajstić information content (AvgIpc) is 2.66. The summed E-state index contributed by atoms with van der Waals surface area (Å²) in [4.78, 5) is 4.43. The van der Waals surface area contributed by atoms with Gasteiger partial charge in [0.25, 0.3) is 0 Å². The van der Waals surface area contributed by atoms with E-state index >= 15 is 0 Å². The van der Waals surface area contributed by atoms with Crippen molar-refractivity contribution < 1.29 is 9.84 Å². The van der Waals surface area contributed by atoms with Crippen molar-refractivity contribution in [2.75, 3.05) is 0 Å². The molecule has 0 radical (unpaired) electrons. The predicted molar refractivity (Wildman–Crippen MR) is 102 cm³/mol. The Balaban J connectivity index is 1.75. The van der Waals surface area contributed by atoms with Gasteiger partial charge < -0.3 is 9.84 Å². The second-order valence-corrected chi connectivity index (χ2v) is 6.33. The first-order chi connectivity index (χ1) is 12.3. The summed E-state index contributed by atoms with van der Waals surface area (Å²) >= 11 is 0. The van der Waals surface area contributed by atoms with Crippen LogP contribution in [-0.4, -0.2) is 10.1 Å². The highest BCUT2D eigenvalue weighted by Crippen LogP contribution is 2.27. The van der Waals surface area contributed by atoms with E-state index < -0.39 is 6.10 Å². The van der Waals surface area contributed by atoms with E-state index in [0.29, 0.717) is 6.61 Å². The lowest BCUT2D eigenvalue weighted by Gasteiger charge is -2.16. The van der Waals surface area contributed by atoms with E-state index in [2.05, 4.69) is 11.9 Å². The van der Waals surface area contributed by atoms with Crippen molar-refractivity contribution in [1.82, 2.24) is 4.98 Å². The van der Waals surface area contributed by atoms with E-state index in [9.17, 15) is 5.11 Å². The minimum Gasteiger partial charge on any atom is -0.487 e. The molecule has 1 heterocycles. The molecule has 0 saturated heterocycles. The van der Waals surface area contributed by atoms with Crippen molar-refractivity contribution in [1.29, 1.82) is 0 Å². The Morgan fingerprint density at radius 3 is 2.72 bits per heavy atom. The first kappa shape index (κ1) is 17.4.